The van der Waals surface area contributed by atoms with Gasteiger partial charge in [-0.05, 0) is 39.7 Å². The minimum absolute atomic E-state index is 0.263. The van der Waals surface area contributed by atoms with Gasteiger partial charge in [0.2, 0.25) is 0 Å². The quantitative estimate of drug-likeness (QED) is 0.841. The second-order valence-corrected chi connectivity index (χ2v) is 7.18. The van der Waals surface area contributed by atoms with Crippen molar-refractivity contribution in [1.82, 2.24) is 10.4 Å². The summed E-state index contributed by atoms with van der Waals surface area (Å²) in [5.41, 5.74) is -0.224. The van der Waals surface area contributed by atoms with Crippen molar-refractivity contribution < 1.29 is 19.2 Å². The van der Waals surface area contributed by atoms with E-state index in [1.165, 1.54) is 5.06 Å². The van der Waals surface area contributed by atoms with Crippen LogP contribution in [0.5, 0.6) is 0 Å². The molecule has 1 saturated heterocycles. The molecule has 132 valence electrons. The van der Waals surface area contributed by atoms with Gasteiger partial charge in [-0.15, -0.1) is 0 Å². The van der Waals surface area contributed by atoms with Crippen LogP contribution in [0.1, 0.15) is 46.6 Å². The van der Waals surface area contributed by atoms with E-state index in [2.05, 4.69) is 5.32 Å². The number of ether oxygens (including phenoxy) is 1. The summed E-state index contributed by atoms with van der Waals surface area (Å²) in [4.78, 5) is 30.0. The smallest absolute Gasteiger partial charge is 0.408 e. The average Bonchev–Trinajstić information content (AvgIpc) is 2.51. The van der Waals surface area contributed by atoms with E-state index in [4.69, 9.17) is 9.57 Å². The lowest BCUT2D eigenvalue weighted by molar-refractivity contribution is -0.267. The van der Waals surface area contributed by atoms with Gasteiger partial charge in [-0.3, -0.25) is 9.63 Å². The number of β-lactam (4-membered cyclic amide) rings is 1. The molecular formula is C18H26N2O4. The van der Waals surface area contributed by atoms with Crippen molar-refractivity contribution in [3.8, 4) is 0 Å². The monoisotopic (exact) mass is 334 g/mol. The summed E-state index contributed by atoms with van der Waals surface area (Å²) in [6.45, 7) is 9.49. The van der Waals surface area contributed by atoms with Crippen LogP contribution in [-0.2, 0) is 21.0 Å². The first-order valence-corrected chi connectivity index (χ1v) is 8.18. The van der Waals surface area contributed by atoms with Gasteiger partial charge in [0.25, 0.3) is 5.91 Å². The van der Waals surface area contributed by atoms with Crippen LogP contribution in [0.25, 0.3) is 0 Å². The number of benzene rings is 1. The Bertz CT molecular complexity index is 597. The molecule has 0 aliphatic carbocycles. The second-order valence-electron chi connectivity index (χ2n) is 7.18. The Labute approximate surface area is 143 Å². The van der Waals surface area contributed by atoms with Gasteiger partial charge in [0, 0.05) is 0 Å². The SMILES string of the molecule is CC[C@]1(C)[C@H](NC(=O)OC(C)(C)C)C(=O)N1OCc1ccccc1. The molecule has 0 radical (unpaired) electrons. The molecule has 2 amide bonds. The number of nitrogens with zero attached hydrogens (tertiary/aromatic N) is 1. The third-order valence-electron chi connectivity index (χ3n) is 4.11. The number of hydrogen-bond acceptors (Lipinski definition) is 4. The first-order valence-electron chi connectivity index (χ1n) is 8.18. The molecule has 1 fully saturated rings. The predicted molar refractivity (Wildman–Crippen MR) is 89.9 cm³/mol. The molecule has 1 aliphatic heterocycles. The highest BCUT2D eigenvalue weighted by molar-refractivity contribution is 5.93. The molecule has 0 saturated carbocycles. The second kappa shape index (κ2) is 6.81. The third kappa shape index (κ3) is 3.87. The van der Waals surface area contributed by atoms with Crippen molar-refractivity contribution >= 4 is 12.0 Å². The van der Waals surface area contributed by atoms with Gasteiger partial charge in [-0.1, -0.05) is 37.3 Å². The molecule has 1 N–H and O–H groups in total. The standard InChI is InChI=1S/C18H26N2O4/c1-6-18(5)14(19-16(22)24-17(2,3)4)15(21)20(18)23-12-13-10-8-7-9-11-13/h7-11,14H,6,12H2,1-5H3,(H,19,22)/t14-,18-/m1/s1. The third-order valence-corrected chi connectivity index (χ3v) is 4.11. The number of carbonyl (C=O) groups excluding carboxylic acids is 2. The molecule has 1 aromatic rings. The summed E-state index contributed by atoms with van der Waals surface area (Å²) in [7, 11) is 0. The fourth-order valence-corrected chi connectivity index (χ4v) is 2.60. The minimum atomic E-state index is -0.645. The fourth-order valence-electron chi connectivity index (χ4n) is 2.60. The van der Waals surface area contributed by atoms with E-state index < -0.39 is 23.3 Å². The van der Waals surface area contributed by atoms with Gasteiger partial charge in [0.1, 0.15) is 18.2 Å². The van der Waals surface area contributed by atoms with Crippen molar-refractivity contribution in [3.63, 3.8) is 0 Å². The zero-order valence-corrected chi connectivity index (χ0v) is 15.0. The maximum atomic E-state index is 12.4. The van der Waals surface area contributed by atoms with Gasteiger partial charge in [-0.2, -0.15) is 0 Å². The molecule has 2 atom stereocenters. The lowest BCUT2D eigenvalue weighted by atomic mass is 9.80. The molecule has 0 unspecified atom stereocenters. The number of nitrogens with one attached hydrogen (secondary N) is 1. The zero-order chi connectivity index (χ0) is 18.0. The summed E-state index contributed by atoms with van der Waals surface area (Å²) in [6, 6.07) is 8.99. The summed E-state index contributed by atoms with van der Waals surface area (Å²) >= 11 is 0. The predicted octanol–water partition coefficient (Wildman–Crippen LogP) is 3.02. The maximum Gasteiger partial charge on any atom is 0.408 e. The summed E-state index contributed by atoms with van der Waals surface area (Å²) in [5, 5.41) is 4.02. The largest absolute Gasteiger partial charge is 0.444 e. The Hall–Kier alpha value is -2.08. The van der Waals surface area contributed by atoms with Crippen LogP contribution in [-0.4, -0.2) is 34.2 Å². The summed E-state index contributed by atoms with van der Waals surface area (Å²) in [5.74, 6) is -0.263. The van der Waals surface area contributed by atoms with Gasteiger partial charge < -0.3 is 10.1 Å². The Morgan fingerprint density at radius 1 is 1.29 bits per heavy atom. The van der Waals surface area contributed by atoms with Gasteiger partial charge >= 0.3 is 6.09 Å². The van der Waals surface area contributed by atoms with Crippen LogP contribution in [0.3, 0.4) is 0 Å². The zero-order valence-electron chi connectivity index (χ0n) is 15.0. The molecule has 6 heteroatoms. The molecule has 1 aliphatic rings. The summed E-state index contributed by atoms with van der Waals surface area (Å²) < 4.78 is 5.23. The number of carbonyl (C=O) groups is 2. The number of rotatable bonds is 5. The van der Waals surface area contributed by atoms with Crippen molar-refractivity contribution in [3.05, 3.63) is 35.9 Å². The van der Waals surface area contributed by atoms with Gasteiger partial charge in [-0.25, -0.2) is 9.86 Å². The Balaban J connectivity index is 1.98. The lowest BCUT2D eigenvalue weighted by Gasteiger charge is -2.53. The molecule has 1 aromatic carbocycles. The minimum Gasteiger partial charge on any atom is -0.444 e. The highest BCUT2D eigenvalue weighted by atomic mass is 16.7. The van der Waals surface area contributed by atoms with Crippen LogP contribution in [0.4, 0.5) is 4.79 Å². The number of alkyl carbamates (subject to hydrolysis) is 1. The molecule has 0 aromatic heterocycles. The van der Waals surface area contributed by atoms with E-state index in [1.807, 2.05) is 44.2 Å². The van der Waals surface area contributed by atoms with Crippen LogP contribution in [0.15, 0.2) is 30.3 Å². The fraction of sp³-hybridized carbons (Fsp3) is 0.556. The summed E-state index contributed by atoms with van der Waals surface area (Å²) in [6.07, 6.45) is 0.0526. The van der Waals surface area contributed by atoms with E-state index in [-0.39, 0.29) is 5.91 Å². The highest BCUT2D eigenvalue weighted by Crippen LogP contribution is 2.36. The van der Waals surface area contributed by atoms with Crippen molar-refractivity contribution in [2.24, 2.45) is 0 Å². The van der Waals surface area contributed by atoms with Crippen molar-refractivity contribution in [2.75, 3.05) is 0 Å². The normalized spacial score (nSPS) is 23.6. The Morgan fingerprint density at radius 3 is 2.46 bits per heavy atom. The van der Waals surface area contributed by atoms with E-state index >= 15 is 0 Å². The topological polar surface area (TPSA) is 67.9 Å². The number of hydroxylamine groups is 2. The lowest BCUT2D eigenvalue weighted by Crippen LogP contribution is -2.77. The molecule has 24 heavy (non-hydrogen) atoms. The van der Waals surface area contributed by atoms with Crippen LogP contribution >= 0.6 is 0 Å². The van der Waals surface area contributed by atoms with E-state index in [1.54, 1.807) is 20.8 Å². The van der Waals surface area contributed by atoms with Crippen LogP contribution in [0, 0.1) is 0 Å². The Morgan fingerprint density at radius 2 is 1.92 bits per heavy atom. The Kier molecular flexibility index (Phi) is 5.18. The van der Waals surface area contributed by atoms with E-state index in [0.29, 0.717) is 13.0 Å². The van der Waals surface area contributed by atoms with Crippen molar-refractivity contribution in [2.45, 2.75) is 64.8 Å². The molecule has 0 spiro atoms. The average molecular weight is 334 g/mol. The first kappa shape index (κ1) is 18.3. The molecule has 2 rings (SSSR count). The first-order chi connectivity index (χ1) is 11.2. The van der Waals surface area contributed by atoms with E-state index in [0.717, 1.165) is 5.56 Å². The molecule has 6 nitrogen and oxygen atoms in total. The highest BCUT2D eigenvalue weighted by Gasteiger charge is 2.58. The molecule has 0 bridgehead atoms. The van der Waals surface area contributed by atoms with Gasteiger partial charge in [0.15, 0.2) is 0 Å². The van der Waals surface area contributed by atoms with E-state index in [9.17, 15) is 9.59 Å². The molecule has 1 heterocycles. The molecular weight excluding hydrogens is 308 g/mol. The number of hydrogen-bond donors (Lipinski definition) is 1. The van der Waals surface area contributed by atoms with Crippen LogP contribution < -0.4 is 5.32 Å². The number of amides is 2. The van der Waals surface area contributed by atoms with Crippen LogP contribution in [0.2, 0.25) is 0 Å². The maximum absolute atomic E-state index is 12.4. The van der Waals surface area contributed by atoms with Gasteiger partial charge in [0.05, 0.1) is 5.54 Å². The van der Waals surface area contributed by atoms with Crippen molar-refractivity contribution in [1.29, 1.82) is 0 Å².